The highest BCUT2D eigenvalue weighted by atomic mass is 35.5. The van der Waals surface area contributed by atoms with E-state index in [1.165, 1.54) is 23.1 Å². The molecule has 1 amide bonds. The van der Waals surface area contributed by atoms with Crippen LogP contribution >= 0.6 is 11.6 Å². The Bertz CT molecular complexity index is 933. The maximum atomic E-state index is 14.0. The normalized spacial score (nSPS) is 10.8. The molecule has 0 saturated heterocycles. The predicted molar refractivity (Wildman–Crippen MR) is 100 cm³/mol. The molecule has 0 aliphatic carbocycles. The van der Waals surface area contributed by atoms with Gasteiger partial charge in [-0.15, -0.1) is 0 Å². The Hall–Kier alpha value is -2.66. The molecule has 3 rings (SSSR count). The lowest BCUT2D eigenvalue weighted by atomic mass is 10.1. The van der Waals surface area contributed by atoms with Crippen LogP contribution < -0.4 is 0 Å². The van der Waals surface area contributed by atoms with Gasteiger partial charge >= 0.3 is 0 Å². The van der Waals surface area contributed by atoms with Crippen LogP contribution in [0.3, 0.4) is 0 Å². The molecule has 0 spiro atoms. The number of hydrogen-bond donors (Lipinski definition) is 0. The average molecular weight is 372 g/mol. The van der Waals surface area contributed by atoms with Gasteiger partial charge in [0.25, 0.3) is 5.91 Å². The fourth-order valence-corrected chi connectivity index (χ4v) is 3.17. The first kappa shape index (κ1) is 18.1. The van der Waals surface area contributed by atoms with E-state index >= 15 is 0 Å². The van der Waals surface area contributed by atoms with E-state index < -0.39 is 11.7 Å². The quantitative estimate of drug-likeness (QED) is 0.674. The molecule has 0 fully saturated rings. The summed E-state index contributed by atoms with van der Waals surface area (Å²) in [5.74, 6) is -1.08. The molecule has 0 saturated carbocycles. The number of halogens is 2. The molecular weight excluding hydrogens is 353 g/mol. The fraction of sp³-hybridized carbons (Fsp3) is 0.200. The highest BCUT2D eigenvalue weighted by Gasteiger charge is 2.22. The molecule has 1 heterocycles. The van der Waals surface area contributed by atoms with Gasteiger partial charge in [-0.25, -0.2) is 9.07 Å². The van der Waals surface area contributed by atoms with Gasteiger partial charge in [0.1, 0.15) is 5.82 Å². The largest absolute Gasteiger partial charge is 0.337 e. The van der Waals surface area contributed by atoms with Crippen LogP contribution in [0.15, 0.2) is 48.5 Å². The minimum absolute atomic E-state index is 0.107. The number of amides is 1. The van der Waals surface area contributed by atoms with Crippen LogP contribution in [-0.2, 0) is 6.54 Å². The second kappa shape index (κ2) is 7.30. The number of nitrogens with zero attached hydrogens (tertiary/aromatic N) is 3. The van der Waals surface area contributed by atoms with Crippen molar-refractivity contribution in [2.75, 3.05) is 7.05 Å². The van der Waals surface area contributed by atoms with Crippen molar-refractivity contribution in [3.63, 3.8) is 0 Å². The summed E-state index contributed by atoms with van der Waals surface area (Å²) >= 11 is 6.01. The van der Waals surface area contributed by atoms with E-state index in [1.54, 1.807) is 7.05 Å². The molecule has 0 atom stereocenters. The number of aromatic nitrogens is 2. The fourth-order valence-electron chi connectivity index (χ4n) is 2.93. The minimum atomic E-state index is -0.622. The van der Waals surface area contributed by atoms with Gasteiger partial charge in [0.15, 0.2) is 0 Å². The Morgan fingerprint density at radius 3 is 2.50 bits per heavy atom. The van der Waals surface area contributed by atoms with E-state index in [0.29, 0.717) is 6.54 Å². The molecule has 1 aromatic heterocycles. The first-order valence-corrected chi connectivity index (χ1v) is 8.58. The van der Waals surface area contributed by atoms with Crippen LogP contribution in [0.5, 0.6) is 0 Å². The lowest BCUT2D eigenvalue weighted by molar-refractivity contribution is 0.0780. The number of carbonyl (C=O) groups is 1. The van der Waals surface area contributed by atoms with E-state index in [0.717, 1.165) is 22.6 Å². The third-order valence-electron chi connectivity index (χ3n) is 4.36. The van der Waals surface area contributed by atoms with Gasteiger partial charge in [0.2, 0.25) is 0 Å². The van der Waals surface area contributed by atoms with Crippen LogP contribution in [0.1, 0.15) is 27.3 Å². The zero-order chi connectivity index (χ0) is 18.8. The van der Waals surface area contributed by atoms with Crippen molar-refractivity contribution in [2.24, 2.45) is 0 Å². The zero-order valence-corrected chi connectivity index (χ0v) is 15.6. The van der Waals surface area contributed by atoms with Crippen LogP contribution in [-0.4, -0.2) is 27.6 Å². The molecule has 0 radical (unpaired) electrons. The van der Waals surface area contributed by atoms with E-state index in [1.807, 2.05) is 48.9 Å². The monoisotopic (exact) mass is 371 g/mol. The third kappa shape index (κ3) is 3.35. The summed E-state index contributed by atoms with van der Waals surface area (Å²) in [7, 11) is 1.63. The molecule has 0 aliphatic heterocycles. The zero-order valence-electron chi connectivity index (χ0n) is 14.8. The standard InChI is InChI=1S/C20H19ClFN3O/c1-13-16(14(2)25(23-13)15-8-5-4-6-9-15)12-24(3)20(26)19-17(21)10-7-11-18(19)22/h4-11H,12H2,1-3H3. The molecule has 0 aliphatic rings. The smallest absolute Gasteiger partial charge is 0.258 e. The molecule has 134 valence electrons. The first-order valence-electron chi connectivity index (χ1n) is 8.20. The first-order chi connectivity index (χ1) is 12.4. The Morgan fingerprint density at radius 1 is 1.15 bits per heavy atom. The molecule has 3 aromatic rings. The lowest BCUT2D eigenvalue weighted by Gasteiger charge is -2.18. The highest BCUT2D eigenvalue weighted by molar-refractivity contribution is 6.33. The number of benzene rings is 2. The summed E-state index contributed by atoms with van der Waals surface area (Å²) < 4.78 is 15.9. The van der Waals surface area contributed by atoms with Crippen LogP contribution in [0.2, 0.25) is 5.02 Å². The van der Waals surface area contributed by atoms with Crippen LogP contribution in [0.25, 0.3) is 5.69 Å². The third-order valence-corrected chi connectivity index (χ3v) is 4.68. The topological polar surface area (TPSA) is 38.1 Å². The molecule has 0 N–H and O–H groups in total. The summed E-state index contributed by atoms with van der Waals surface area (Å²) in [6.07, 6.45) is 0. The van der Waals surface area contributed by atoms with Gasteiger partial charge < -0.3 is 4.90 Å². The molecule has 2 aromatic carbocycles. The summed E-state index contributed by atoms with van der Waals surface area (Å²) in [6, 6.07) is 14.0. The van der Waals surface area contributed by atoms with Gasteiger partial charge in [0.05, 0.1) is 22.0 Å². The van der Waals surface area contributed by atoms with Crippen LogP contribution in [0, 0.1) is 19.7 Å². The van der Waals surface area contributed by atoms with Gasteiger partial charge in [0, 0.05) is 24.8 Å². The number of hydrogen-bond acceptors (Lipinski definition) is 2. The lowest BCUT2D eigenvalue weighted by Crippen LogP contribution is -2.27. The number of aryl methyl sites for hydroxylation is 1. The van der Waals surface area contributed by atoms with E-state index in [4.69, 9.17) is 11.6 Å². The number of para-hydroxylation sites is 1. The minimum Gasteiger partial charge on any atom is -0.337 e. The second-order valence-electron chi connectivity index (χ2n) is 6.15. The summed E-state index contributed by atoms with van der Waals surface area (Å²) in [4.78, 5) is 14.1. The van der Waals surface area contributed by atoms with Crippen LogP contribution in [0.4, 0.5) is 4.39 Å². The van der Waals surface area contributed by atoms with Gasteiger partial charge in [-0.05, 0) is 38.1 Å². The number of rotatable bonds is 4. The Morgan fingerprint density at radius 2 is 1.85 bits per heavy atom. The van der Waals surface area contributed by atoms with Crippen molar-refractivity contribution in [3.05, 3.63) is 81.9 Å². The molecular formula is C20H19ClFN3O. The number of carbonyl (C=O) groups excluding carboxylic acids is 1. The van der Waals surface area contributed by atoms with E-state index in [9.17, 15) is 9.18 Å². The summed E-state index contributed by atoms with van der Waals surface area (Å²) in [5.41, 5.74) is 3.53. The van der Waals surface area contributed by atoms with Crippen molar-refractivity contribution in [1.82, 2.24) is 14.7 Å². The van der Waals surface area contributed by atoms with Crippen molar-refractivity contribution < 1.29 is 9.18 Å². The average Bonchev–Trinajstić information content (AvgIpc) is 2.90. The second-order valence-corrected chi connectivity index (χ2v) is 6.56. The maximum absolute atomic E-state index is 14.0. The molecule has 26 heavy (non-hydrogen) atoms. The predicted octanol–water partition coefficient (Wildman–Crippen LogP) is 4.55. The maximum Gasteiger partial charge on any atom is 0.258 e. The Kier molecular flexibility index (Phi) is 5.09. The van der Waals surface area contributed by atoms with Crippen molar-refractivity contribution in [3.8, 4) is 5.69 Å². The Labute approximate surface area is 156 Å². The van der Waals surface area contributed by atoms with Gasteiger partial charge in [-0.1, -0.05) is 35.9 Å². The SMILES string of the molecule is Cc1nn(-c2ccccc2)c(C)c1CN(C)C(=O)c1c(F)cccc1Cl. The van der Waals surface area contributed by atoms with E-state index in [2.05, 4.69) is 5.10 Å². The Balaban J connectivity index is 1.90. The molecule has 0 bridgehead atoms. The summed E-state index contributed by atoms with van der Waals surface area (Å²) in [6.45, 7) is 4.17. The van der Waals surface area contributed by atoms with Gasteiger partial charge in [-0.3, -0.25) is 4.79 Å². The van der Waals surface area contributed by atoms with Crippen molar-refractivity contribution in [2.45, 2.75) is 20.4 Å². The van der Waals surface area contributed by atoms with Gasteiger partial charge in [-0.2, -0.15) is 5.10 Å². The van der Waals surface area contributed by atoms with Crippen molar-refractivity contribution >= 4 is 17.5 Å². The molecule has 0 unspecified atom stereocenters. The summed E-state index contributed by atoms with van der Waals surface area (Å²) in [5, 5.41) is 4.69. The molecule has 4 nitrogen and oxygen atoms in total. The van der Waals surface area contributed by atoms with Crippen molar-refractivity contribution in [1.29, 1.82) is 0 Å². The van der Waals surface area contributed by atoms with E-state index in [-0.39, 0.29) is 10.6 Å². The molecule has 6 heteroatoms. The highest BCUT2D eigenvalue weighted by Crippen LogP contribution is 2.23.